The minimum Gasteiger partial charge on any atom is -0.465 e. The number of furan rings is 1. The fourth-order valence-corrected chi connectivity index (χ4v) is 2.86. The molecule has 0 bridgehead atoms. The molecule has 1 amide bonds. The summed E-state index contributed by atoms with van der Waals surface area (Å²) in [6.45, 7) is 1.80. The first kappa shape index (κ1) is 12.3. The molecule has 0 aliphatic carbocycles. The topological polar surface area (TPSA) is 70.5 Å². The van der Waals surface area contributed by atoms with Gasteiger partial charge in [0.15, 0.2) is 0 Å². The number of hydrogen-bond acceptors (Lipinski definition) is 5. The number of dihydropyridines is 1. The Labute approximate surface area is 121 Å². The van der Waals surface area contributed by atoms with Crippen LogP contribution in [0.5, 0.6) is 0 Å². The molecule has 0 radical (unpaired) electrons. The van der Waals surface area contributed by atoms with Gasteiger partial charge in [0.25, 0.3) is 5.91 Å². The second kappa shape index (κ2) is 4.80. The number of carbonyl (C=O) groups excluding carboxylic acids is 1. The Hall–Kier alpha value is -2.50. The second-order valence-corrected chi connectivity index (χ2v) is 5.22. The van der Waals surface area contributed by atoms with Gasteiger partial charge in [-0.15, -0.1) is 0 Å². The zero-order valence-corrected chi connectivity index (χ0v) is 11.4. The van der Waals surface area contributed by atoms with Gasteiger partial charge < -0.3 is 9.32 Å². The second-order valence-electron chi connectivity index (χ2n) is 5.22. The summed E-state index contributed by atoms with van der Waals surface area (Å²) in [4.78, 5) is 27.4. The van der Waals surface area contributed by atoms with Gasteiger partial charge in [0.05, 0.1) is 6.26 Å². The molecule has 4 rings (SSSR count). The van der Waals surface area contributed by atoms with E-state index in [4.69, 9.17) is 4.42 Å². The number of rotatable bonds is 1. The van der Waals surface area contributed by atoms with E-state index in [-0.39, 0.29) is 5.91 Å². The molecule has 1 unspecified atom stereocenters. The zero-order valence-electron chi connectivity index (χ0n) is 11.4. The highest BCUT2D eigenvalue weighted by atomic mass is 16.3. The Morgan fingerprint density at radius 1 is 1.24 bits per heavy atom. The van der Waals surface area contributed by atoms with E-state index in [1.165, 1.54) is 0 Å². The van der Waals surface area contributed by atoms with Gasteiger partial charge in [-0.2, -0.15) is 9.98 Å². The molecule has 0 aromatic carbocycles. The Morgan fingerprint density at radius 2 is 2.10 bits per heavy atom. The summed E-state index contributed by atoms with van der Waals surface area (Å²) in [5.74, 6) is 0.897. The normalized spacial score (nSPS) is 24.6. The largest absolute Gasteiger partial charge is 0.465 e. The maximum absolute atomic E-state index is 12.4. The van der Waals surface area contributed by atoms with Gasteiger partial charge in [-0.3, -0.25) is 4.79 Å². The van der Waals surface area contributed by atoms with Gasteiger partial charge >= 0.3 is 0 Å². The summed E-state index contributed by atoms with van der Waals surface area (Å²) in [5.41, 5.74) is 0.767. The minimum absolute atomic E-state index is 0.221. The molecule has 1 aromatic rings. The highest BCUT2D eigenvalue weighted by molar-refractivity contribution is 6.24. The van der Waals surface area contributed by atoms with Crippen LogP contribution in [0.3, 0.4) is 0 Å². The van der Waals surface area contributed by atoms with Gasteiger partial charge in [0.1, 0.15) is 17.5 Å². The van der Waals surface area contributed by atoms with Crippen LogP contribution in [-0.2, 0) is 4.79 Å². The van der Waals surface area contributed by atoms with Crippen molar-refractivity contribution in [1.82, 2.24) is 4.90 Å². The van der Waals surface area contributed by atoms with E-state index in [0.29, 0.717) is 17.6 Å². The number of amidine groups is 1. The van der Waals surface area contributed by atoms with Crippen molar-refractivity contribution in [3.63, 3.8) is 0 Å². The van der Waals surface area contributed by atoms with Crippen molar-refractivity contribution in [2.75, 3.05) is 13.1 Å². The third-order valence-corrected chi connectivity index (χ3v) is 3.90. The van der Waals surface area contributed by atoms with Crippen molar-refractivity contribution in [2.24, 2.45) is 20.9 Å². The maximum atomic E-state index is 12.4. The van der Waals surface area contributed by atoms with Gasteiger partial charge in [-0.25, -0.2) is 4.99 Å². The number of likely N-dealkylation sites (tertiary alicyclic amines) is 1. The lowest BCUT2D eigenvalue weighted by molar-refractivity contribution is -0.118. The van der Waals surface area contributed by atoms with Gasteiger partial charge in [0, 0.05) is 24.9 Å². The van der Waals surface area contributed by atoms with E-state index < -0.39 is 5.92 Å². The summed E-state index contributed by atoms with van der Waals surface area (Å²) in [6, 6.07) is 3.63. The Bertz CT molecular complexity index is 691. The van der Waals surface area contributed by atoms with Gasteiger partial charge in [-0.05, 0) is 31.1 Å². The highest BCUT2D eigenvalue weighted by Gasteiger charge is 2.36. The number of guanidine groups is 1. The van der Waals surface area contributed by atoms with E-state index in [9.17, 15) is 4.79 Å². The van der Waals surface area contributed by atoms with Crippen molar-refractivity contribution in [2.45, 2.75) is 12.8 Å². The van der Waals surface area contributed by atoms with E-state index in [2.05, 4.69) is 15.0 Å². The van der Waals surface area contributed by atoms with Crippen molar-refractivity contribution < 1.29 is 9.21 Å². The zero-order chi connectivity index (χ0) is 14.2. The van der Waals surface area contributed by atoms with Crippen LogP contribution in [0.4, 0.5) is 0 Å². The number of carbonyl (C=O) groups is 1. The first-order chi connectivity index (χ1) is 10.3. The Kier molecular flexibility index (Phi) is 2.80. The summed E-state index contributed by atoms with van der Waals surface area (Å²) >= 11 is 0. The standard InChI is InChI=1S/C15H14N4O2/c20-14-12-10(11-4-3-9-21-11)5-6-16-13(12)17-15(18-14)19-7-1-2-8-19/h3-6,9,12H,1-2,7-8H2. The molecule has 21 heavy (non-hydrogen) atoms. The lowest BCUT2D eigenvalue weighted by Crippen LogP contribution is -2.36. The average Bonchev–Trinajstić information content (AvgIpc) is 3.20. The lowest BCUT2D eigenvalue weighted by atomic mass is 9.92. The minimum atomic E-state index is -0.549. The molecule has 106 valence electrons. The molecule has 3 aliphatic rings. The van der Waals surface area contributed by atoms with Crippen LogP contribution < -0.4 is 0 Å². The molecule has 3 aliphatic heterocycles. The van der Waals surface area contributed by atoms with E-state index in [1.54, 1.807) is 24.6 Å². The van der Waals surface area contributed by atoms with Crippen LogP contribution in [0.15, 0.2) is 43.9 Å². The van der Waals surface area contributed by atoms with Crippen LogP contribution >= 0.6 is 0 Å². The van der Waals surface area contributed by atoms with Crippen LogP contribution in [0.25, 0.3) is 5.57 Å². The van der Waals surface area contributed by atoms with Crippen molar-refractivity contribution in [1.29, 1.82) is 0 Å². The molecule has 1 saturated heterocycles. The summed E-state index contributed by atoms with van der Waals surface area (Å²) < 4.78 is 5.40. The first-order valence-corrected chi connectivity index (χ1v) is 7.07. The van der Waals surface area contributed by atoms with Crippen LogP contribution in [0.1, 0.15) is 18.6 Å². The predicted molar refractivity (Wildman–Crippen MR) is 79.4 cm³/mol. The third kappa shape index (κ3) is 2.03. The molecular weight excluding hydrogens is 268 g/mol. The summed E-state index contributed by atoms with van der Waals surface area (Å²) in [6.07, 6.45) is 7.26. The molecule has 1 fully saturated rings. The first-order valence-electron chi connectivity index (χ1n) is 7.07. The molecule has 6 nitrogen and oxygen atoms in total. The molecule has 1 atom stereocenters. The number of aliphatic imine (C=N–C) groups is 3. The quantitative estimate of drug-likeness (QED) is 0.788. The van der Waals surface area contributed by atoms with Crippen LogP contribution in [0.2, 0.25) is 0 Å². The van der Waals surface area contributed by atoms with Crippen molar-refractivity contribution in [3.8, 4) is 0 Å². The van der Waals surface area contributed by atoms with Crippen molar-refractivity contribution >= 4 is 29.5 Å². The number of amides is 1. The lowest BCUT2D eigenvalue weighted by Gasteiger charge is -2.25. The number of fused-ring (bicyclic) bond motifs is 1. The predicted octanol–water partition coefficient (Wildman–Crippen LogP) is 1.75. The number of nitrogens with zero attached hydrogens (tertiary/aromatic N) is 4. The van der Waals surface area contributed by atoms with E-state index in [0.717, 1.165) is 31.5 Å². The molecule has 0 N–H and O–H groups in total. The maximum Gasteiger partial charge on any atom is 0.264 e. The average molecular weight is 282 g/mol. The van der Waals surface area contributed by atoms with E-state index >= 15 is 0 Å². The van der Waals surface area contributed by atoms with Crippen LogP contribution in [0, 0.1) is 5.92 Å². The summed E-state index contributed by atoms with van der Waals surface area (Å²) in [7, 11) is 0. The Balaban J connectivity index is 1.70. The Morgan fingerprint density at radius 3 is 2.86 bits per heavy atom. The van der Waals surface area contributed by atoms with Crippen LogP contribution in [-0.4, -0.2) is 41.9 Å². The summed E-state index contributed by atoms with van der Waals surface area (Å²) in [5, 5.41) is 0. The molecule has 4 heterocycles. The highest BCUT2D eigenvalue weighted by Crippen LogP contribution is 2.31. The third-order valence-electron chi connectivity index (χ3n) is 3.90. The van der Waals surface area contributed by atoms with Gasteiger partial charge in [-0.1, -0.05) is 0 Å². The monoisotopic (exact) mass is 282 g/mol. The molecule has 6 heteroatoms. The number of hydrogen-bond donors (Lipinski definition) is 0. The molecule has 0 spiro atoms. The smallest absolute Gasteiger partial charge is 0.264 e. The van der Waals surface area contributed by atoms with E-state index in [1.807, 2.05) is 11.0 Å². The van der Waals surface area contributed by atoms with Gasteiger partial charge in [0.2, 0.25) is 5.96 Å². The molecular formula is C15H14N4O2. The SMILES string of the molecule is O=C1N=C(N2CCCC2)N=C2N=CC=C(c3ccco3)C12. The fourth-order valence-electron chi connectivity index (χ4n) is 2.86. The van der Waals surface area contributed by atoms with Crippen molar-refractivity contribution in [3.05, 3.63) is 30.2 Å². The molecule has 1 aromatic heterocycles. The molecule has 0 saturated carbocycles. The number of allylic oxidation sites excluding steroid dienone is 1. The fraction of sp³-hybridized carbons (Fsp3) is 0.333.